The van der Waals surface area contributed by atoms with E-state index in [1.54, 1.807) is 0 Å². The van der Waals surface area contributed by atoms with Gasteiger partial charge in [-0.15, -0.1) is 0 Å². The zero-order chi connectivity index (χ0) is 15.0. The second kappa shape index (κ2) is 7.73. The number of rotatable bonds is 8. The van der Waals surface area contributed by atoms with Gasteiger partial charge in [-0.1, -0.05) is 0 Å². The molecular weight excluding hydrogens is 284 g/mol. The number of hydrogen-bond acceptors (Lipinski definition) is 5. The quantitative estimate of drug-likeness (QED) is 0.535. The van der Waals surface area contributed by atoms with Crippen LogP contribution in [0, 0.1) is 0 Å². The molecule has 0 fully saturated rings. The molecule has 20 heavy (non-hydrogen) atoms. The number of pyridine rings is 1. The van der Waals surface area contributed by atoms with Gasteiger partial charge in [-0.05, 0) is 24.1 Å². The van der Waals surface area contributed by atoms with Crippen LogP contribution in [0.15, 0.2) is 29.4 Å². The number of ether oxygens (including phenoxy) is 1. The minimum Gasteiger partial charge on any atom is -0.478 e. The number of aromatic nitrogens is 1. The molecule has 2 N–H and O–H groups in total. The van der Waals surface area contributed by atoms with Gasteiger partial charge in [-0.3, -0.25) is 4.98 Å². The Balaban J connectivity index is 2.79. The Labute approximate surface area is 117 Å². The van der Waals surface area contributed by atoms with Gasteiger partial charge in [-0.2, -0.15) is 0 Å². The molecule has 0 amide bonds. The molecule has 0 atom stereocenters. The van der Waals surface area contributed by atoms with E-state index in [4.69, 9.17) is 9.84 Å². The zero-order valence-electron chi connectivity index (χ0n) is 10.9. The van der Waals surface area contributed by atoms with E-state index >= 15 is 0 Å². The van der Waals surface area contributed by atoms with E-state index in [0.717, 1.165) is 6.08 Å². The first-order chi connectivity index (χ1) is 9.45. The van der Waals surface area contributed by atoms with Gasteiger partial charge in [-0.25, -0.2) is 17.9 Å². The largest absolute Gasteiger partial charge is 0.478 e. The molecule has 0 aliphatic carbocycles. The Hall–Kier alpha value is -1.77. The van der Waals surface area contributed by atoms with E-state index in [2.05, 4.69) is 9.71 Å². The lowest BCUT2D eigenvalue weighted by Crippen LogP contribution is -2.25. The molecule has 1 heterocycles. The van der Waals surface area contributed by atoms with E-state index in [9.17, 15) is 13.2 Å². The summed E-state index contributed by atoms with van der Waals surface area (Å²) in [6.07, 6.45) is 5.33. The number of carboxylic acid groups (broad SMARTS) is 1. The lowest BCUT2D eigenvalue weighted by Gasteiger charge is -2.06. The molecule has 0 radical (unpaired) electrons. The molecule has 0 spiro atoms. The fourth-order valence-corrected chi connectivity index (χ4v) is 2.42. The Morgan fingerprint density at radius 2 is 2.25 bits per heavy atom. The summed E-state index contributed by atoms with van der Waals surface area (Å²) in [5.41, 5.74) is 0.396. The van der Waals surface area contributed by atoms with Gasteiger partial charge in [0.25, 0.3) is 0 Å². The summed E-state index contributed by atoms with van der Waals surface area (Å²) in [5, 5.41) is 8.52. The normalized spacial score (nSPS) is 11.8. The molecule has 0 bridgehead atoms. The van der Waals surface area contributed by atoms with Crippen molar-refractivity contribution < 1.29 is 23.1 Å². The van der Waals surface area contributed by atoms with Crippen molar-refractivity contribution in [2.45, 2.75) is 11.3 Å². The molecule has 0 unspecified atom stereocenters. The van der Waals surface area contributed by atoms with E-state index in [-0.39, 0.29) is 11.4 Å². The third-order valence-corrected chi connectivity index (χ3v) is 3.71. The van der Waals surface area contributed by atoms with Crippen molar-refractivity contribution in [2.24, 2.45) is 0 Å². The molecule has 1 aromatic heterocycles. The first-order valence-electron chi connectivity index (χ1n) is 5.80. The van der Waals surface area contributed by atoms with Gasteiger partial charge in [0.05, 0.1) is 0 Å². The fraction of sp³-hybridized carbons (Fsp3) is 0.333. The van der Waals surface area contributed by atoms with E-state index in [1.807, 2.05) is 0 Å². The number of aliphatic carboxylic acids is 1. The molecule has 0 aliphatic rings. The Kier molecular flexibility index (Phi) is 6.29. The summed E-state index contributed by atoms with van der Waals surface area (Å²) < 4.78 is 31.1. The number of hydrogen-bond donors (Lipinski definition) is 2. The molecule has 1 rings (SSSR count). The van der Waals surface area contributed by atoms with Crippen LogP contribution in [0.1, 0.15) is 12.0 Å². The summed E-state index contributed by atoms with van der Waals surface area (Å²) in [4.78, 5) is 14.2. The molecule has 7 nitrogen and oxygen atoms in total. The highest BCUT2D eigenvalue weighted by atomic mass is 32.2. The molecule has 110 valence electrons. The van der Waals surface area contributed by atoms with Crippen LogP contribution in [0.3, 0.4) is 0 Å². The van der Waals surface area contributed by atoms with Gasteiger partial charge in [0.1, 0.15) is 4.90 Å². The van der Waals surface area contributed by atoms with Crippen molar-refractivity contribution in [3.05, 3.63) is 30.1 Å². The van der Waals surface area contributed by atoms with Gasteiger partial charge < -0.3 is 9.84 Å². The van der Waals surface area contributed by atoms with E-state index in [0.29, 0.717) is 18.6 Å². The lowest BCUT2D eigenvalue weighted by atomic mass is 10.2. The van der Waals surface area contributed by atoms with Crippen molar-refractivity contribution in [2.75, 3.05) is 20.3 Å². The van der Waals surface area contributed by atoms with Crippen molar-refractivity contribution in [1.29, 1.82) is 0 Å². The maximum atomic E-state index is 12.0. The monoisotopic (exact) mass is 300 g/mol. The highest BCUT2D eigenvalue weighted by molar-refractivity contribution is 7.89. The van der Waals surface area contributed by atoms with Gasteiger partial charge in [0.2, 0.25) is 10.0 Å². The number of carbonyl (C=O) groups is 1. The standard InChI is InChI=1S/C12H16N2O5S/c1-19-6-2-5-14-20(17,18)11-7-10(8-13-9-11)3-4-12(15)16/h3-4,7-9,14H,2,5-6H2,1H3,(H,15,16). The third kappa shape index (κ3) is 5.47. The molecule has 0 aromatic carbocycles. The van der Waals surface area contributed by atoms with Crippen LogP contribution < -0.4 is 4.72 Å². The molecule has 0 saturated heterocycles. The summed E-state index contributed by atoms with van der Waals surface area (Å²) in [6.45, 7) is 0.716. The molecule has 0 saturated carbocycles. The molecule has 8 heteroatoms. The fourth-order valence-electron chi connectivity index (χ4n) is 1.35. The minimum absolute atomic E-state index is 0.0116. The predicted molar refractivity (Wildman–Crippen MR) is 72.6 cm³/mol. The number of nitrogens with one attached hydrogen (secondary N) is 1. The highest BCUT2D eigenvalue weighted by Crippen LogP contribution is 2.10. The van der Waals surface area contributed by atoms with Crippen LogP contribution >= 0.6 is 0 Å². The van der Waals surface area contributed by atoms with Gasteiger partial charge >= 0.3 is 5.97 Å². The van der Waals surface area contributed by atoms with Crippen molar-refractivity contribution >= 4 is 22.1 Å². The van der Waals surface area contributed by atoms with E-state index < -0.39 is 16.0 Å². The summed E-state index contributed by atoms with van der Waals surface area (Å²) >= 11 is 0. The lowest BCUT2D eigenvalue weighted by molar-refractivity contribution is -0.131. The van der Waals surface area contributed by atoms with Crippen LogP contribution in [0.25, 0.3) is 6.08 Å². The smallest absolute Gasteiger partial charge is 0.328 e. The maximum absolute atomic E-state index is 12.0. The van der Waals surface area contributed by atoms with E-state index in [1.165, 1.54) is 31.6 Å². The van der Waals surface area contributed by atoms with Crippen molar-refractivity contribution in [3.8, 4) is 0 Å². The highest BCUT2D eigenvalue weighted by Gasteiger charge is 2.13. The molecule has 0 aliphatic heterocycles. The molecule has 1 aromatic rings. The van der Waals surface area contributed by atoms with Crippen LogP contribution in [0.4, 0.5) is 0 Å². The van der Waals surface area contributed by atoms with Gasteiger partial charge in [0.15, 0.2) is 0 Å². The second-order valence-corrected chi connectivity index (χ2v) is 5.64. The Morgan fingerprint density at radius 3 is 2.90 bits per heavy atom. The SMILES string of the molecule is COCCCNS(=O)(=O)c1cncc(C=CC(=O)O)c1. The third-order valence-electron chi connectivity index (χ3n) is 2.28. The average molecular weight is 300 g/mol. The summed E-state index contributed by atoms with van der Waals surface area (Å²) in [7, 11) is -2.11. The zero-order valence-corrected chi connectivity index (χ0v) is 11.8. The minimum atomic E-state index is -3.65. The second-order valence-electron chi connectivity index (χ2n) is 3.87. The van der Waals surface area contributed by atoms with Crippen LogP contribution in [-0.2, 0) is 19.6 Å². The van der Waals surface area contributed by atoms with Crippen LogP contribution in [0.5, 0.6) is 0 Å². The number of nitrogens with zero attached hydrogens (tertiary/aromatic N) is 1. The first kappa shape index (κ1) is 16.3. The molecular formula is C12H16N2O5S. The average Bonchev–Trinajstić information content (AvgIpc) is 2.42. The topological polar surface area (TPSA) is 106 Å². The first-order valence-corrected chi connectivity index (χ1v) is 7.28. The van der Waals surface area contributed by atoms with Crippen molar-refractivity contribution in [3.63, 3.8) is 0 Å². The predicted octanol–water partition coefficient (Wildman–Crippen LogP) is 0.494. The maximum Gasteiger partial charge on any atom is 0.328 e. The summed E-state index contributed by atoms with van der Waals surface area (Å²) in [5.74, 6) is -1.11. The van der Waals surface area contributed by atoms with Gasteiger partial charge in [0, 0.05) is 38.7 Å². The Bertz CT molecular complexity index is 583. The van der Waals surface area contributed by atoms with Crippen molar-refractivity contribution in [1.82, 2.24) is 9.71 Å². The summed E-state index contributed by atoms with van der Waals surface area (Å²) in [6, 6.07) is 1.35. The Morgan fingerprint density at radius 1 is 1.50 bits per heavy atom. The van der Waals surface area contributed by atoms with Crippen LogP contribution in [0.2, 0.25) is 0 Å². The number of carboxylic acids is 1. The van der Waals surface area contributed by atoms with Crippen LogP contribution in [-0.4, -0.2) is 44.7 Å². The number of methoxy groups -OCH3 is 1. The number of sulfonamides is 1.